The van der Waals surface area contributed by atoms with Gasteiger partial charge >= 0.3 is 0 Å². The molecule has 2 fully saturated rings. The van der Waals surface area contributed by atoms with Gasteiger partial charge in [0.1, 0.15) is 10.5 Å². The lowest BCUT2D eigenvalue weighted by atomic mass is 9.86. The molecule has 8 heteroatoms. The van der Waals surface area contributed by atoms with Crippen LogP contribution in [0.4, 0.5) is 11.4 Å². The van der Waals surface area contributed by atoms with Gasteiger partial charge in [0.15, 0.2) is 0 Å². The van der Waals surface area contributed by atoms with Crippen molar-refractivity contribution >= 4 is 34.3 Å². The van der Waals surface area contributed by atoms with Crippen LogP contribution in [0, 0.1) is 11.3 Å². The van der Waals surface area contributed by atoms with Gasteiger partial charge in [-0.3, -0.25) is 4.79 Å². The van der Waals surface area contributed by atoms with Crippen LogP contribution in [-0.2, 0) is 10.2 Å². The molecule has 0 atom stereocenters. The van der Waals surface area contributed by atoms with Crippen LogP contribution in [0.3, 0.4) is 0 Å². The van der Waals surface area contributed by atoms with Crippen molar-refractivity contribution in [3.63, 3.8) is 0 Å². The summed E-state index contributed by atoms with van der Waals surface area (Å²) in [5.41, 5.74) is 12.2. The van der Waals surface area contributed by atoms with Crippen molar-refractivity contribution in [1.82, 2.24) is 10.3 Å². The van der Waals surface area contributed by atoms with E-state index in [4.69, 9.17) is 10.7 Å². The summed E-state index contributed by atoms with van der Waals surface area (Å²) in [6.45, 7) is 5.35. The molecule has 1 aromatic heterocycles. The number of hydrogen-bond acceptors (Lipinski definition) is 7. The first-order valence-corrected chi connectivity index (χ1v) is 13.9. The van der Waals surface area contributed by atoms with Gasteiger partial charge in [0.25, 0.3) is 0 Å². The Morgan fingerprint density at radius 2 is 1.82 bits per heavy atom. The molecule has 2 aliphatic rings. The Morgan fingerprint density at radius 3 is 2.42 bits per heavy atom. The number of rotatable bonds is 8. The molecule has 3 aromatic rings. The predicted molar refractivity (Wildman–Crippen MR) is 155 cm³/mol. The standard InChI is InChI=1S/C30H34N6OS/c1-29(2,19-31)22-12-10-21(11-13-22)27-35-24(18-38-27)26(20-8-9-20)34-23-6-4-5-7-25(23)36-16-14-30(33-3,15-17-36)28(32)37/h4-7,10-13,18,33-34H,8-9,14-17H2,1-3H3,(H2,32,37). The van der Waals surface area contributed by atoms with Crippen molar-refractivity contribution in [2.75, 3.05) is 30.4 Å². The molecule has 0 bridgehead atoms. The van der Waals surface area contributed by atoms with E-state index in [0.717, 1.165) is 64.8 Å². The number of likely N-dealkylation sites (N-methyl/N-ethyl adjacent to an activating group) is 1. The van der Waals surface area contributed by atoms with Crippen LogP contribution in [0.2, 0.25) is 0 Å². The molecule has 196 valence electrons. The number of piperidine rings is 1. The van der Waals surface area contributed by atoms with Gasteiger partial charge < -0.3 is 21.3 Å². The van der Waals surface area contributed by atoms with Gasteiger partial charge in [-0.25, -0.2) is 4.98 Å². The van der Waals surface area contributed by atoms with Crippen molar-refractivity contribution in [3.05, 3.63) is 70.7 Å². The number of benzene rings is 2. The number of nitrogens with zero attached hydrogens (tertiary/aromatic N) is 3. The van der Waals surface area contributed by atoms with Gasteiger partial charge in [-0.05, 0) is 69.8 Å². The van der Waals surface area contributed by atoms with Gasteiger partial charge in [-0.1, -0.05) is 36.4 Å². The van der Waals surface area contributed by atoms with E-state index in [9.17, 15) is 10.1 Å². The zero-order valence-electron chi connectivity index (χ0n) is 22.2. The molecule has 1 amide bonds. The van der Waals surface area contributed by atoms with E-state index in [1.807, 2.05) is 39.1 Å². The van der Waals surface area contributed by atoms with Crippen LogP contribution < -0.4 is 21.3 Å². The van der Waals surface area contributed by atoms with E-state index in [0.29, 0.717) is 12.8 Å². The number of carbonyl (C=O) groups is 1. The molecule has 2 heterocycles. The van der Waals surface area contributed by atoms with E-state index in [-0.39, 0.29) is 5.91 Å². The molecule has 38 heavy (non-hydrogen) atoms. The molecule has 1 saturated heterocycles. The number of amides is 1. The predicted octanol–water partition coefficient (Wildman–Crippen LogP) is 5.27. The minimum Gasteiger partial charge on any atom is -0.370 e. The lowest BCUT2D eigenvalue weighted by Gasteiger charge is -2.41. The van der Waals surface area contributed by atoms with Crippen molar-refractivity contribution in [1.29, 1.82) is 5.26 Å². The molecule has 0 radical (unpaired) electrons. The van der Waals surface area contributed by atoms with E-state index in [1.54, 1.807) is 11.3 Å². The third-order valence-corrected chi connectivity index (χ3v) is 8.71. The minimum absolute atomic E-state index is 0.283. The number of nitrogens with one attached hydrogen (secondary N) is 2. The Balaban J connectivity index is 1.36. The molecule has 1 aliphatic heterocycles. The number of anilines is 2. The average molecular weight is 527 g/mol. The molecular weight excluding hydrogens is 492 g/mol. The van der Waals surface area contributed by atoms with Crippen molar-refractivity contribution < 1.29 is 4.79 Å². The highest BCUT2D eigenvalue weighted by atomic mass is 32.1. The fourth-order valence-corrected chi connectivity index (χ4v) is 5.82. The van der Waals surface area contributed by atoms with Gasteiger partial charge in [0.2, 0.25) is 5.91 Å². The first-order chi connectivity index (χ1) is 18.3. The Morgan fingerprint density at radius 1 is 1.13 bits per heavy atom. The Kier molecular flexibility index (Phi) is 6.99. The first kappa shape index (κ1) is 26.0. The summed E-state index contributed by atoms with van der Waals surface area (Å²) >= 11 is 1.63. The Bertz CT molecular complexity index is 1400. The van der Waals surface area contributed by atoms with Gasteiger partial charge in [-0.15, -0.1) is 11.3 Å². The molecular formula is C30H34N6OS. The van der Waals surface area contributed by atoms with E-state index < -0.39 is 11.0 Å². The fourth-order valence-electron chi connectivity index (χ4n) is 5.00. The largest absolute Gasteiger partial charge is 0.370 e. The quantitative estimate of drug-likeness (QED) is 0.369. The summed E-state index contributed by atoms with van der Waals surface area (Å²) < 4.78 is 0. The number of hydrogen-bond donors (Lipinski definition) is 3. The zero-order chi connectivity index (χ0) is 26.9. The van der Waals surface area contributed by atoms with E-state index in [1.165, 1.54) is 5.57 Å². The summed E-state index contributed by atoms with van der Waals surface area (Å²) in [5.74, 6) is -0.283. The summed E-state index contributed by atoms with van der Waals surface area (Å²) in [7, 11) is 1.81. The Labute approximate surface area is 228 Å². The number of nitrogens with two attached hydrogens (primary N) is 1. The lowest BCUT2D eigenvalue weighted by molar-refractivity contribution is -0.125. The summed E-state index contributed by atoms with van der Waals surface area (Å²) in [5, 5.41) is 19.4. The maximum Gasteiger partial charge on any atom is 0.237 e. The monoisotopic (exact) mass is 526 g/mol. The van der Waals surface area contributed by atoms with Crippen LogP contribution in [0.15, 0.2) is 59.5 Å². The number of aromatic nitrogens is 1. The number of allylic oxidation sites excluding steroid dienone is 1. The molecule has 4 N–H and O–H groups in total. The highest BCUT2D eigenvalue weighted by Crippen LogP contribution is 2.40. The van der Waals surface area contributed by atoms with Gasteiger partial charge in [0.05, 0.1) is 34.2 Å². The SMILES string of the molecule is CNC1(C(N)=O)CCN(c2ccccc2NC(=C2CC2)c2csc(-c3ccc(C(C)(C)C#N)cc3)n2)CC1. The Hall–Kier alpha value is -3.67. The number of carbonyl (C=O) groups excluding carboxylic acids is 1. The van der Waals surface area contributed by atoms with Gasteiger partial charge in [0, 0.05) is 24.0 Å². The molecule has 1 saturated carbocycles. The van der Waals surface area contributed by atoms with Crippen molar-refractivity contribution in [3.8, 4) is 16.6 Å². The van der Waals surface area contributed by atoms with Crippen LogP contribution >= 0.6 is 11.3 Å². The fraction of sp³-hybridized carbons (Fsp3) is 0.367. The smallest absolute Gasteiger partial charge is 0.237 e. The topological polar surface area (TPSA) is 107 Å². The number of para-hydroxylation sites is 2. The molecule has 2 aromatic carbocycles. The number of nitriles is 1. The third-order valence-electron chi connectivity index (χ3n) is 7.82. The normalized spacial score (nSPS) is 16.6. The zero-order valence-corrected chi connectivity index (χ0v) is 23.0. The van der Waals surface area contributed by atoms with Crippen LogP contribution in [-0.4, -0.2) is 36.6 Å². The van der Waals surface area contributed by atoms with Crippen LogP contribution in [0.25, 0.3) is 16.3 Å². The highest BCUT2D eigenvalue weighted by Gasteiger charge is 2.39. The summed E-state index contributed by atoms with van der Waals surface area (Å²) in [6.07, 6.45) is 3.48. The van der Waals surface area contributed by atoms with Crippen LogP contribution in [0.1, 0.15) is 50.8 Å². The summed E-state index contributed by atoms with van der Waals surface area (Å²) in [4.78, 5) is 19.4. The van der Waals surface area contributed by atoms with E-state index in [2.05, 4.69) is 57.3 Å². The lowest BCUT2D eigenvalue weighted by Crippen LogP contribution is -2.59. The second-order valence-electron chi connectivity index (χ2n) is 10.7. The second kappa shape index (κ2) is 10.2. The maximum absolute atomic E-state index is 12.1. The number of thiazole rings is 1. The van der Waals surface area contributed by atoms with E-state index >= 15 is 0 Å². The molecule has 0 spiro atoms. The average Bonchev–Trinajstić information content (AvgIpc) is 3.67. The summed E-state index contributed by atoms with van der Waals surface area (Å²) in [6, 6.07) is 18.8. The minimum atomic E-state index is -0.639. The number of primary amides is 1. The molecule has 0 unspecified atom stereocenters. The molecule has 1 aliphatic carbocycles. The third kappa shape index (κ3) is 5.04. The molecule has 5 rings (SSSR count). The van der Waals surface area contributed by atoms with Crippen molar-refractivity contribution in [2.24, 2.45) is 5.73 Å². The maximum atomic E-state index is 12.1. The van der Waals surface area contributed by atoms with Crippen LogP contribution in [0.5, 0.6) is 0 Å². The van der Waals surface area contributed by atoms with Gasteiger partial charge in [-0.2, -0.15) is 5.26 Å². The molecule has 7 nitrogen and oxygen atoms in total. The first-order valence-electron chi connectivity index (χ1n) is 13.1. The van der Waals surface area contributed by atoms with Crippen molar-refractivity contribution in [2.45, 2.75) is 50.5 Å². The second-order valence-corrected chi connectivity index (χ2v) is 11.5. The highest BCUT2D eigenvalue weighted by molar-refractivity contribution is 7.13.